The van der Waals surface area contributed by atoms with Gasteiger partial charge in [0.25, 0.3) is 0 Å². The summed E-state index contributed by atoms with van der Waals surface area (Å²) >= 11 is 1.67. The van der Waals surface area contributed by atoms with Gasteiger partial charge < -0.3 is 10.3 Å². The highest BCUT2D eigenvalue weighted by Gasteiger charge is 2.03. The minimum absolute atomic E-state index is 0.687. The molecular weight excluding hydrogens is 256 g/mol. The standard InChI is InChI=1S/C14H14N4S/c1-10-18-13(9-19-10)11-3-2-4-12(7-11)17-8-14-15-5-6-16-14/h2-7,9,17H,8H2,1H3,(H,15,16). The summed E-state index contributed by atoms with van der Waals surface area (Å²) in [5.41, 5.74) is 3.23. The first-order valence-corrected chi connectivity index (χ1v) is 6.94. The van der Waals surface area contributed by atoms with Gasteiger partial charge in [0.05, 0.1) is 17.2 Å². The van der Waals surface area contributed by atoms with Crippen LogP contribution in [0.5, 0.6) is 0 Å². The molecule has 96 valence electrons. The van der Waals surface area contributed by atoms with E-state index in [9.17, 15) is 0 Å². The summed E-state index contributed by atoms with van der Waals surface area (Å²) in [5, 5.41) is 6.52. The minimum atomic E-state index is 0.687. The number of aryl methyl sites for hydroxylation is 1. The lowest BCUT2D eigenvalue weighted by molar-refractivity contribution is 1.00. The Kier molecular flexibility index (Phi) is 3.29. The molecule has 0 aliphatic heterocycles. The van der Waals surface area contributed by atoms with E-state index in [1.54, 1.807) is 17.5 Å². The molecule has 0 spiro atoms. The van der Waals surface area contributed by atoms with Crippen LogP contribution in [0.2, 0.25) is 0 Å². The maximum Gasteiger partial charge on any atom is 0.125 e. The maximum atomic E-state index is 4.50. The van der Waals surface area contributed by atoms with E-state index < -0.39 is 0 Å². The summed E-state index contributed by atoms with van der Waals surface area (Å²) < 4.78 is 0. The number of nitrogens with zero attached hydrogens (tertiary/aromatic N) is 2. The van der Waals surface area contributed by atoms with E-state index in [0.717, 1.165) is 27.8 Å². The topological polar surface area (TPSA) is 53.6 Å². The molecule has 19 heavy (non-hydrogen) atoms. The molecule has 0 bridgehead atoms. The van der Waals surface area contributed by atoms with Crippen LogP contribution in [0.15, 0.2) is 42.0 Å². The molecular formula is C14H14N4S. The van der Waals surface area contributed by atoms with Gasteiger partial charge in [-0.3, -0.25) is 0 Å². The zero-order valence-corrected chi connectivity index (χ0v) is 11.4. The van der Waals surface area contributed by atoms with Crippen molar-refractivity contribution in [1.82, 2.24) is 15.0 Å². The van der Waals surface area contributed by atoms with Gasteiger partial charge in [0, 0.05) is 29.0 Å². The van der Waals surface area contributed by atoms with Gasteiger partial charge in [-0.05, 0) is 19.1 Å². The number of rotatable bonds is 4. The van der Waals surface area contributed by atoms with Crippen molar-refractivity contribution in [2.24, 2.45) is 0 Å². The van der Waals surface area contributed by atoms with Crippen molar-refractivity contribution in [1.29, 1.82) is 0 Å². The Labute approximate surface area is 115 Å². The lowest BCUT2D eigenvalue weighted by atomic mass is 10.1. The second-order valence-electron chi connectivity index (χ2n) is 4.22. The molecule has 0 fully saturated rings. The molecule has 0 unspecified atom stereocenters. The molecule has 0 aliphatic rings. The number of benzene rings is 1. The normalized spacial score (nSPS) is 10.6. The fraction of sp³-hybridized carbons (Fsp3) is 0.143. The average molecular weight is 270 g/mol. The molecule has 3 rings (SSSR count). The maximum absolute atomic E-state index is 4.50. The molecule has 0 amide bonds. The number of aromatic amines is 1. The van der Waals surface area contributed by atoms with Gasteiger partial charge in [0.2, 0.25) is 0 Å². The summed E-state index contributed by atoms with van der Waals surface area (Å²) in [5.74, 6) is 0.926. The second kappa shape index (κ2) is 5.24. The second-order valence-corrected chi connectivity index (χ2v) is 5.28. The van der Waals surface area contributed by atoms with Gasteiger partial charge in [0.1, 0.15) is 5.82 Å². The number of H-pyrrole nitrogens is 1. The molecule has 4 nitrogen and oxygen atoms in total. The third-order valence-corrected chi connectivity index (χ3v) is 3.57. The Hall–Kier alpha value is -2.14. The van der Waals surface area contributed by atoms with Gasteiger partial charge in [-0.15, -0.1) is 11.3 Å². The van der Waals surface area contributed by atoms with Crippen molar-refractivity contribution in [2.45, 2.75) is 13.5 Å². The van der Waals surface area contributed by atoms with Crippen LogP contribution < -0.4 is 5.32 Å². The summed E-state index contributed by atoms with van der Waals surface area (Å²) in [4.78, 5) is 11.8. The summed E-state index contributed by atoms with van der Waals surface area (Å²) in [6, 6.07) is 8.27. The van der Waals surface area contributed by atoms with Gasteiger partial charge in [-0.2, -0.15) is 0 Å². The number of imidazole rings is 1. The van der Waals surface area contributed by atoms with E-state index in [4.69, 9.17) is 0 Å². The molecule has 3 aromatic rings. The van der Waals surface area contributed by atoms with E-state index in [2.05, 4.69) is 37.8 Å². The Morgan fingerprint density at radius 3 is 3.05 bits per heavy atom. The monoisotopic (exact) mass is 270 g/mol. The molecule has 0 saturated heterocycles. The molecule has 0 saturated carbocycles. The number of nitrogens with one attached hydrogen (secondary N) is 2. The number of aromatic nitrogens is 3. The van der Waals surface area contributed by atoms with Crippen LogP contribution in [0.3, 0.4) is 0 Å². The third kappa shape index (κ3) is 2.82. The first-order valence-electron chi connectivity index (χ1n) is 6.06. The van der Waals surface area contributed by atoms with E-state index in [1.165, 1.54) is 0 Å². The van der Waals surface area contributed by atoms with E-state index >= 15 is 0 Å². The summed E-state index contributed by atoms with van der Waals surface area (Å²) in [6.45, 7) is 2.71. The smallest absolute Gasteiger partial charge is 0.125 e. The van der Waals surface area contributed by atoms with Crippen LogP contribution in [-0.2, 0) is 6.54 Å². The highest BCUT2D eigenvalue weighted by Crippen LogP contribution is 2.24. The third-order valence-electron chi connectivity index (χ3n) is 2.79. The van der Waals surface area contributed by atoms with Crippen molar-refractivity contribution in [3.8, 4) is 11.3 Å². The van der Waals surface area contributed by atoms with Crippen molar-refractivity contribution >= 4 is 17.0 Å². The highest BCUT2D eigenvalue weighted by atomic mass is 32.1. The van der Waals surface area contributed by atoms with Crippen LogP contribution in [0.1, 0.15) is 10.8 Å². The molecule has 0 atom stereocenters. The molecule has 2 N–H and O–H groups in total. The highest BCUT2D eigenvalue weighted by molar-refractivity contribution is 7.09. The van der Waals surface area contributed by atoms with Crippen LogP contribution in [0.4, 0.5) is 5.69 Å². The van der Waals surface area contributed by atoms with Crippen LogP contribution in [0.25, 0.3) is 11.3 Å². The van der Waals surface area contributed by atoms with E-state index in [0.29, 0.717) is 6.54 Å². The number of anilines is 1. The predicted molar refractivity (Wildman–Crippen MR) is 78.2 cm³/mol. The van der Waals surface area contributed by atoms with Crippen molar-refractivity contribution in [3.05, 3.63) is 52.9 Å². The fourth-order valence-electron chi connectivity index (χ4n) is 1.86. The van der Waals surface area contributed by atoms with E-state index in [-0.39, 0.29) is 0 Å². The van der Waals surface area contributed by atoms with Crippen molar-refractivity contribution < 1.29 is 0 Å². The van der Waals surface area contributed by atoms with Crippen LogP contribution in [-0.4, -0.2) is 15.0 Å². The van der Waals surface area contributed by atoms with Crippen molar-refractivity contribution in [2.75, 3.05) is 5.32 Å². The van der Waals surface area contributed by atoms with Crippen LogP contribution >= 0.6 is 11.3 Å². The van der Waals surface area contributed by atoms with Gasteiger partial charge in [0.15, 0.2) is 0 Å². The zero-order chi connectivity index (χ0) is 13.1. The largest absolute Gasteiger partial charge is 0.378 e. The van der Waals surface area contributed by atoms with Gasteiger partial charge in [-0.25, -0.2) is 9.97 Å². The zero-order valence-electron chi connectivity index (χ0n) is 10.6. The molecule has 2 heterocycles. The van der Waals surface area contributed by atoms with Gasteiger partial charge in [-0.1, -0.05) is 12.1 Å². The summed E-state index contributed by atoms with van der Waals surface area (Å²) in [7, 11) is 0. The molecule has 2 aromatic heterocycles. The number of hydrogen-bond acceptors (Lipinski definition) is 4. The Morgan fingerprint density at radius 2 is 2.32 bits per heavy atom. The molecule has 5 heteroatoms. The summed E-state index contributed by atoms with van der Waals surface area (Å²) in [6.07, 6.45) is 3.58. The molecule has 0 radical (unpaired) electrons. The predicted octanol–water partition coefficient (Wildman–Crippen LogP) is 3.45. The Bertz CT molecular complexity index is 658. The lowest BCUT2D eigenvalue weighted by Crippen LogP contribution is -2.00. The Morgan fingerprint density at radius 1 is 1.37 bits per heavy atom. The Balaban J connectivity index is 1.76. The minimum Gasteiger partial charge on any atom is -0.378 e. The van der Waals surface area contributed by atoms with Crippen LogP contribution in [0, 0.1) is 6.92 Å². The average Bonchev–Trinajstić information content (AvgIpc) is 3.08. The number of thiazole rings is 1. The molecule has 0 aliphatic carbocycles. The first kappa shape index (κ1) is 11.9. The fourth-order valence-corrected chi connectivity index (χ4v) is 2.49. The SMILES string of the molecule is Cc1nc(-c2cccc(NCc3ncc[nH]3)c2)cs1. The quantitative estimate of drug-likeness (QED) is 0.763. The lowest BCUT2D eigenvalue weighted by Gasteiger charge is -2.06. The van der Waals surface area contributed by atoms with E-state index in [1.807, 2.05) is 25.3 Å². The first-order chi connectivity index (χ1) is 9.31. The van der Waals surface area contributed by atoms with Gasteiger partial charge >= 0.3 is 0 Å². The van der Waals surface area contributed by atoms with Crippen molar-refractivity contribution in [3.63, 3.8) is 0 Å². The number of hydrogen-bond donors (Lipinski definition) is 2. The molecule has 1 aromatic carbocycles.